The molecule has 0 bridgehead atoms. The van der Waals surface area contributed by atoms with Gasteiger partial charge >= 0.3 is 0 Å². The number of rotatable bonds is 3. The quantitative estimate of drug-likeness (QED) is 0.514. The summed E-state index contributed by atoms with van der Waals surface area (Å²) in [4.78, 5) is 0. The zero-order valence-electron chi connectivity index (χ0n) is 10.6. The SMILES string of the molecule is N#Cc1cccc(-c2cccc(C=NNC(N)=S)c2)c1. The van der Waals surface area contributed by atoms with Crippen molar-refractivity contribution < 1.29 is 0 Å². The Morgan fingerprint density at radius 3 is 2.60 bits per heavy atom. The van der Waals surface area contributed by atoms with Crippen LogP contribution in [-0.2, 0) is 0 Å². The van der Waals surface area contributed by atoms with Gasteiger partial charge in [0, 0.05) is 0 Å². The molecular formula is C15H12N4S. The second-order valence-corrected chi connectivity index (χ2v) is 4.49. The van der Waals surface area contributed by atoms with E-state index in [4.69, 9.17) is 11.0 Å². The first kappa shape index (κ1) is 13.7. The molecule has 0 aliphatic heterocycles. The lowest BCUT2D eigenvalue weighted by atomic mass is 10.0. The van der Waals surface area contributed by atoms with E-state index in [9.17, 15) is 0 Å². The number of hydrogen-bond acceptors (Lipinski definition) is 3. The molecule has 0 aromatic heterocycles. The third-order valence-electron chi connectivity index (χ3n) is 2.60. The molecule has 5 heteroatoms. The molecule has 0 aliphatic carbocycles. The molecule has 0 atom stereocenters. The first-order valence-corrected chi connectivity index (χ1v) is 6.29. The standard InChI is InChI=1S/C15H12N4S/c16-9-11-3-1-5-13(7-11)14-6-2-4-12(8-14)10-18-19-15(17)20/h1-8,10H,(H3,17,19,20). The summed E-state index contributed by atoms with van der Waals surface area (Å²) >= 11 is 4.66. The molecule has 3 N–H and O–H groups in total. The highest BCUT2D eigenvalue weighted by atomic mass is 32.1. The zero-order chi connectivity index (χ0) is 14.4. The number of hydrogen-bond donors (Lipinski definition) is 2. The zero-order valence-corrected chi connectivity index (χ0v) is 11.4. The molecule has 0 saturated heterocycles. The van der Waals surface area contributed by atoms with Crippen LogP contribution in [-0.4, -0.2) is 11.3 Å². The van der Waals surface area contributed by atoms with Crippen molar-refractivity contribution in [2.45, 2.75) is 0 Å². The van der Waals surface area contributed by atoms with E-state index < -0.39 is 0 Å². The Kier molecular flexibility index (Phi) is 4.43. The lowest BCUT2D eigenvalue weighted by molar-refractivity contribution is 1.04. The van der Waals surface area contributed by atoms with Crippen molar-refractivity contribution in [1.29, 1.82) is 5.26 Å². The average Bonchev–Trinajstić information content (AvgIpc) is 2.47. The Bertz CT molecular complexity index is 701. The maximum absolute atomic E-state index is 8.93. The van der Waals surface area contributed by atoms with E-state index in [1.807, 2.05) is 42.5 Å². The Labute approximate surface area is 122 Å². The smallest absolute Gasteiger partial charge is 0.184 e. The van der Waals surface area contributed by atoms with E-state index >= 15 is 0 Å². The van der Waals surface area contributed by atoms with Gasteiger partial charge in [-0.2, -0.15) is 10.4 Å². The van der Waals surface area contributed by atoms with Gasteiger partial charge in [-0.3, -0.25) is 5.43 Å². The van der Waals surface area contributed by atoms with Gasteiger partial charge in [-0.15, -0.1) is 0 Å². The summed E-state index contributed by atoms with van der Waals surface area (Å²) < 4.78 is 0. The van der Waals surface area contributed by atoms with Crippen molar-refractivity contribution in [3.8, 4) is 17.2 Å². The number of nitrogens with one attached hydrogen (secondary N) is 1. The van der Waals surface area contributed by atoms with E-state index in [2.05, 4.69) is 28.8 Å². The summed E-state index contributed by atoms with van der Waals surface area (Å²) in [5, 5.41) is 13.0. The van der Waals surface area contributed by atoms with E-state index in [0.717, 1.165) is 16.7 Å². The monoisotopic (exact) mass is 280 g/mol. The lowest BCUT2D eigenvalue weighted by Crippen LogP contribution is -2.23. The first-order valence-electron chi connectivity index (χ1n) is 5.88. The van der Waals surface area contributed by atoms with Gasteiger partial charge in [-0.25, -0.2) is 0 Å². The average molecular weight is 280 g/mol. The molecule has 20 heavy (non-hydrogen) atoms. The minimum Gasteiger partial charge on any atom is -0.375 e. The van der Waals surface area contributed by atoms with Crippen LogP contribution in [0.5, 0.6) is 0 Å². The summed E-state index contributed by atoms with van der Waals surface area (Å²) in [5.74, 6) is 0. The third-order valence-corrected chi connectivity index (χ3v) is 2.69. The van der Waals surface area contributed by atoms with Crippen LogP contribution in [0.2, 0.25) is 0 Å². The van der Waals surface area contributed by atoms with Gasteiger partial charge in [0.2, 0.25) is 0 Å². The predicted molar refractivity (Wildman–Crippen MR) is 84.1 cm³/mol. The number of benzene rings is 2. The van der Waals surface area contributed by atoms with Gasteiger partial charge in [-0.1, -0.05) is 30.3 Å². The van der Waals surface area contributed by atoms with Gasteiger partial charge in [0.25, 0.3) is 0 Å². The molecule has 0 amide bonds. The van der Waals surface area contributed by atoms with Crippen molar-refractivity contribution >= 4 is 23.5 Å². The summed E-state index contributed by atoms with van der Waals surface area (Å²) in [6.07, 6.45) is 1.64. The summed E-state index contributed by atoms with van der Waals surface area (Å²) in [5.41, 5.74) is 11.3. The fourth-order valence-electron chi connectivity index (χ4n) is 1.74. The van der Waals surface area contributed by atoms with E-state index in [0.29, 0.717) is 5.56 Å². The van der Waals surface area contributed by atoms with Crippen LogP contribution in [0.25, 0.3) is 11.1 Å². The normalized spacial score (nSPS) is 10.2. The van der Waals surface area contributed by atoms with Gasteiger partial charge in [0.05, 0.1) is 17.8 Å². The highest BCUT2D eigenvalue weighted by Crippen LogP contribution is 2.20. The third kappa shape index (κ3) is 3.64. The van der Waals surface area contributed by atoms with Gasteiger partial charge in [0.15, 0.2) is 5.11 Å². The second-order valence-electron chi connectivity index (χ2n) is 4.05. The van der Waals surface area contributed by atoms with E-state index in [1.165, 1.54) is 0 Å². The highest BCUT2D eigenvalue weighted by molar-refractivity contribution is 7.80. The molecule has 4 nitrogen and oxygen atoms in total. The molecular weight excluding hydrogens is 268 g/mol. The highest BCUT2D eigenvalue weighted by Gasteiger charge is 1.99. The minimum absolute atomic E-state index is 0.124. The van der Waals surface area contributed by atoms with Gasteiger partial charge in [-0.05, 0) is 47.1 Å². The molecule has 2 aromatic carbocycles. The molecule has 0 radical (unpaired) electrons. The van der Waals surface area contributed by atoms with Crippen molar-refractivity contribution in [3.05, 3.63) is 59.7 Å². The Morgan fingerprint density at radius 1 is 1.20 bits per heavy atom. The van der Waals surface area contributed by atoms with E-state index in [1.54, 1.807) is 12.3 Å². The number of nitrogens with two attached hydrogens (primary N) is 1. The molecule has 2 rings (SSSR count). The fraction of sp³-hybridized carbons (Fsp3) is 0. The first-order chi connectivity index (χ1) is 9.69. The van der Waals surface area contributed by atoms with Crippen LogP contribution in [0.1, 0.15) is 11.1 Å². The fourth-order valence-corrected chi connectivity index (χ4v) is 1.79. The predicted octanol–water partition coefficient (Wildman–Crippen LogP) is 2.39. The van der Waals surface area contributed by atoms with Crippen molar-refractivity contribution in [1.82, 2.24) is 5.43 Å². The largest absolute Gasteiger partial charge is 0.375 e. The minimum atomic E-state index is 0.124. The molecule has 0 saturated carbocycles. The molecule has 0 unspecified atom stereocenters. The number of thiocarbonyl (C=S) groups is 1. The van der Waals surface area contributed by atoms with Crippen LogP contribution in [0.3, 0.4) is 0 Å². The molecule has 0 heterocycles. The molecule has 0 spiro atoms. The van der Waals surface area contributed by atoms with Crippen LogP contribution in [0.15, 0.2) is 53.6 Å². The van der Waals surface area contributed by atoms with Crippen molar-refractivity contribution in [3.63, 3.8) is 0 Å². The van der Waals surface area contributed by atoms with Gasteiger partial charge < -0.3 is 5.73 Å². The number of hydrazone groups is 1. The summed E-state index contributed by atoms with van der Waals surface area (Å²) in [6, 6.07) is 17.4. The van der Waals surface area contributed by atoms with Crippen LogP contribution >= 0.6 is 12.2 Å². The van der Waals surface area contributed by atoms with E-state index in [-0.39, 0.29) is 5.11 Å². The van der Waals surface area contributed by atoms with Crippen molar-refractivity contribution in [2.24, 2.45) is 10.8 Å². The Morgan fingerprint density at radius 2 is 1.90 bits per heavy atom. The van der Waals surface area contributed by atoms with Crippen LogP contribution in [0.4, 0.5) is 0 Å². The molecule has 2 aromatic rings. The van der Waals surface area contributed by atoms with Crippen LogP contribution < -0.4 is 11.2 Å². The topological polar surface area (TPSA) is 74.2 Å². The number of nitriles is 1. The summed E-state index contributed by atoms with van der Waals surface area (Å²) in [7, 11) is 0. The summed E-state index contributed by atoms with van der Waals surface area (Å²) in [6.45, 7) is 0. The molecule has 0 aliphatic rings. The lowest BCUT2D eigenvalue weighted by Gasteiger charge is -2.03. The maximum Gasteiger partial charge on any atom is 0.184 e. The van der Waals surface area contributed by atoms with Crippen LogP contribution in [0, 0.1) is 11.3 Å². The number of nitrogens with zero attached hydrogens (tertiary/aromatic N) is 2. The molecule has 98 valence electrons. The Balaban J connectivity index is 2.27. The maximum atomic E-state index is 8.93. The van der Waals surface area contributed by atoms with Gasteiger partial charge in [0.1, 0.15) is 0 Å². The Hall–Kier alpha value is -2.71. The second kappa shape index (κ2) is 6.45. The molecule has 0 fully saturated rings. The van der Waals surface area contributed by atoms with Crippen molar-refractivity contribution in [2.75, 3.05) is 0 Å².